The molecule has 1 aromatic rings. The normalized spacial score (nSPS) is 22.8. The number of hydroxylamine groups is 2. The number of hydrogen-bond acceptors (Lipinski definition) is 10. The average Bonchev–Trinajstić information content (AvgIpc) is 3.93. The number of likely N-dealkylation sites (N-methyl/N-ethyl adjacent to an activating group) is 2. The first-order chi connectivity index (χ1) is 35.6. The van der Waals surface area contributed by atoms with Crippen LogP contribution >= 0.6 is 0 Å². The minimum absolute atomic E-state index is 0.00818. The third-order valence-corrected chi connectivity index (χ3v) is 17.8. The molecule has 3 aliphatic rings. The van der Waals surface area contributed by atoms with Gasteiger partial charge in [0.15, 0.2) is 0 Å². The summed E-state index contributed by atoms with van der Waals surface area (Å²) in [5.41, 5.74) is -0.446. The van der Waals surface area contributed by atoms with Gasteiger partial charge in [-0.15, -0.1) is 0 Å². The van der Waals surface area contributed by atoms with E-state index in [0.29, 0.717) is 63.6 Å². The highest BCUT2D eigenvalue weighted by molar-refractivity contribution is 5.96. The average molecular weight is 1050 g/mol. The number of rotatable bonds is 32. The zero-order valence-electron chi connectivity index (χ0n) is 49.2. The lowest BCUT2D eigenvalue weighted by molar-refractivity contribution is -0.209. The zero-order valence-corrected chi connectivity index (χ0v) is 49.2. The van der Waals surface area contributed by atoms with Crippen molar-refractivity contribution >= 4 is 35.3 Å². The zero-order chi connectivity index (χ0) is 55.8. The quantitative estimate of drug-likeness (QED) is 0.0665. The van der Waals surface area contributed by atoms with Gasteiger partial charge in [-0.1, -0.05) is 132 Å². The van der Waals surface area contributed by atoms with Crippen LogP contribution in [-0.4, -0.2) is 152 Å². The van der Waals surface area contributed by atoms with Crippen LogP contribution in [0.3, 0.4) is 0 Å². The van der Waals surface area contributed by atoms with Crippen molar-refractivity contribution in [3.05, 3.63) is 35.9 Å². The molecule has 15 nitrogen and oxygen atoms in total. The molecular weight excluding hydrogens is 949 g/mol. The van der Waals surface area contributed by atoms with Crippen LogP contribution in [0.5, 0.6) is 0 Å². The van der Waals surface area contributed by atoms with Gasteiger partial charge in [-0.3, -0.25) is 38.5 Å². The number of ketones is 1. The Kier molecular flexibility index (Phi) is 25.2. The Morgan fingerprint density at radius 3 is 2.09 bits per heavy atom. The smallest absolute Gasteiger partial charge is 0.272 e. The molecule has 2 saturated heterocycles. The predicted octanol–water partition coefficient (Wildman–Crippen LogP) is 8.97. The minimum atomic E-state index is -1.16. The Balaban J connectivity index is 1.45. The molecule has 0 radical (unpaired) electrons. The van der Waals surface area contributed by atoms with E-state index in [2.05, 4.69) is 57.1 Å². The molecule has 15 heteroatoms. The fourth-order valence-corrected chi connectivity index (χ4v) is 12.1. The van der Waals surface area contributed by atoms with Gasteiger partial charge in [0.25, 0.3) is 5.91 Å². The monoisotopic (exact) mass is 1050 g/mol. The Bertz CT molecular complexity index is 1970. The van der Waals surface area contributed by atoms with Crippen LogP contribution in [0.4, 0.5) is 0 Å². The maximum Gasteiger partial charge on any atom is 0.272 e. The van der Waals surface area contributed by atoms with Gasteiger partial charge in [-0.05, 0) is 101 Å². The van der Waals surface area contributed by atoms with Crippen molar-refractivity contribution in [1.82, 2.24) is 30.4 Å². The van der Waals surface area contributed by atoms with Crippen LogP contribution in [0.2, 0.25) is 0 Å². The molecule has 2 aliphatic heterocycles. The number of methoxy groups -OCH3 is 2. The van der Waals surface area contributed by atoms with E-state index in [-0.39, 0.29) is 65.0 Å². The second-order valence-electron chi connectivity index (χ2n) is 23.6. The predicted molar refractivity (Wildman–Crippen MR) is 296 cm³/mol. The lowest BCUT2D eigenvalue weighted by atomic mass is 9.78. The van der Waals surface area contributed by atoms with Crippen molar-refractivity contribution in [3.8, 4) is 0 Å². The van der Waals surface area contributed by atoms with Crippen molar-refractivity contribution in [2.75, 3.05) is 54.6 Å². The number of benzene rings is 1. The molecule has 426 valence electrons. The molecule has 3 fully saturated rings. The van der Waals surface area contributed by atoms with E-state index in [1.54, 1.807) is 26.2 Å². The molecule has 5 amide bonds. The molecule has 75 heavy (non-hydrogen) atoms. The van der Waals surface area contributed by atoms with Gasteiger partial charge in [0.2, 0.25) is 23.6 Å². The summed E-state index contributed by atoms with van der Waals surface area (Å²) in [6, 6.07) is 7.62. The Hall–Kier alpha value is -3.92. The SMILES string of the molecule is CCCCC1CCN(C(=O)[C@]2(NC(=O)[C@H](C)[C@@H](OC)[C@@H]3CCCN3C(=O)C[C@@H](OC)C([C@@H](C)CC)N(C)C(=O)[C@@H](NC(=O)[C@H](C(C)C)N(C)CCCCCC(=O)C(C)(CC)CC)C(C)C)C[C@@H]2c2ccccc2)OC1. The molecule has 2 heterocycles. The third kappa shape index (κ3) is 16.1. The number of carbonyl (C=O) groups is 6. The van der Waals surface area contributed by atoms with Crippen LogP contribution in [0.1, 0.15) is 184 Å². The molecule has 4 rings (SSSR count). The van der Waals surface area contributed by atoms with Crippen LogP contribution in [0.15, 0.2) is 30.3 Å². The van der Waals surface area contributed by atoms with Crippen molar-refractivity contribution in [1.29, 1.82) is 0 Å². The summed E-state index contributed by atoms with van der Waals surface area (Å²) >= 11 is 0. The van der Waals surface area contributed by atoms with Crippen molar-refractivity contribution in [2.45, 2.75) is 220 Å². The minimum Gasteiger partial charge on any atom is -0.379 e. The van der Waals surface area contributed by atoms with Crippen molar-refractivity contribution < 1.29 is 43.1 Å². The maximum absolute atomic E-state index is 14.8. The number of hydrogen-bond donors (Lipinski definition) is 2. The van der Waals surface area contributed by atoms with Gasteiger partial charge in [-0.25, -0.2) is 5.06 Å². The first-order valence-electron chi connectivity index (χ1n) is 29.1. The highest BCUT2D eigenvalue weighted by Crippen LogP contribution is 2.53. The molecule has 11 atom stereocenters. The summed E-state index contributed by atoms with van der Waals surface area (Å²) in [5.74, 6) is -1.69. The summed E-state index contributed by atoms with van der Waals surface area (Å²) in [7, 11) is 6.85. The number of nitrogens with zero attached hydrogens (tertiary/aromatic N) is 4. The number of likely N-dealkylation sites (tertiary alicyclic amines) is 1. The summed E-state index contributed by atoms with van der Waals surface area (Å²) < 4.78 is 12.3. The Labute approximate surface area is 453 Å². The first-order valence-corrected chi connectivity index (χ1v) is 29.1. The lowest BCUT2D eigenvalue weighted by Gasteiger charge is -2.41. The maximum atomic E-state index is 14.8. The van der Waals surface area contributed by atoms with Crippen molar-refractivity contribution in [2.24, 2.45) is 35.0 Å². The van der Waals surface area contributed by atoms with E-state index >= 15 is 0 Å². The van der Waals surface area contributed by atoms with E-state index in [9.17, 15) is 28.8 Å². The molecular formula is C60H102N6O9. The number of ether oxygens (including phenoxy) is 2. The largest absolute Gasteiger partial charge is 0.379 e. The van der Waals surface area contributed by atoms with Gasteiger partial charge in [0.1, 0.15) is 17.4 Å². The molecule has 0 spiro atoms. The molecule has 2 unspecified atom stereocenters. The Morgan fingerprint density at radius 1 is 0.853 bits per heavy atom. The second kappa shape index (κ2) is 29.7. The second-order valence-corrected chi connectivity index (χ2v) is 23.6. The van der Waals surface area contributed by atoms with Gasteiger partial charge < -0.3 is 29.9 Å². The fourth-order valence-electron chi connectivity index (χ4n) is 12.1. The number of amides is 5. The molecule has 2 N–H and O–H groups in total. The van der Waals surface area contributed by atoms with E-state index in [4.69, 9.17) is 14.3 Å². The lowest BCUT2D eigenvalue weighted by Crippen LogP contribution is -2.60. The van der Waals surface area contributed by atoms with Gasteiger partial charge in [0, 0.05) is 52.1 Å². The molecule has 1 aliphatic carbocycles. The number of nitrogens with one attached hydrogen (secondary N) is 2. The standard InChI is InChI=1S/C60H102N6O9/c1-16-20-28-44-33-36-66(75-39-44)58(72)60(38-46(60)45-29-23-21-24-30-45)62-55(69)43(10)54(74-15)47-31-27-35-65(47)50(68)37-48(73-14)53(42(9)17-2)64(13)57(71)51(40(5)6)61-56(70)52(41(7)8)63(12)34-26-22-25-32-49(67)59(11,18-3)19-4/h21,23-24,29-30,40-44,46-48,51-54H,16-20,22,25-28,31-39H2,1-15H3,(H,61,70)(H,62,69)/t42-,43+,44?,46+,47-,48+,51-,52-,53?,54+,60-/m0/s1. The highest BCUT2D eigenvalue weighted by atomic mass is 16.7. The highest BCUT2D eigenvalue weighted by Gasteiger charge is 2.64. The van der Waals surface area contributed by atoms with Crippen LogP contribution in [-0.2, 0) is 43.1 Å². The van der Waals surface area contributed by atoms with Crippen LogP contribution in [0.25, 0.3) is 0 Å². The molecule has 0 aromatic heterocycles. The van der Waals surface area contributed by atoms with Gasteiger partial charge >= 0.3 is 0 Å². The van der Waals surface area contributed by atoms with Gasteiger partial charge in [0.05, 0.1) is 49.3 Å². The van der Waals surface area contributed by atoms with Crippen molar-refractivity contribution in [3.63, 3.8) is 0 Å². The Morgan fingerprint density at radius 2 is 1.53 bits per heavy atom. The van der Waals surface area contributed by atoms with E-state index in [0.717, 1.165) is 69.8 Å². The van der Waals surface area contributed by atoms with Crippen LogP contribution in [0, 0.1) is 35.0 Å². The molecule has 1 aromatic carbocycles. The summed E-state index contributed by atoms with van der Waals surface area (Å²) in [6.45, 7) is 24.3. The number of carbonyl (C=O) groups excluding carboxylic acids is 6. The number of unbranched alkanes of at least 4 members (excludes halogenated alkanes) is 3. The summed E-state index contributed by atoms with van der Waals surface area (Å²) in [6.07, 6.45) is 10.1. The fraction of sp³-hybridized carbons (Fsp3) is 0.800. The summed E-state index contributed by atoms with van der Waals surface area (Å²) in [4.78, 5) is 97.2. The molecule has 1 saturated carbocycles. The van der Waals surface area contributed by atoms with E-state index < -0.39 is 47.8 Å². The topological polar surface area (TPSA) is 167 Å². The van der Waals surface area contributed by atoms with Gasteiger partial charge in [-0.2, -0.15) is 0 Å². The number of Topliss-reactive ketones (excluding diaryl/α,β-unsaturated/α-hetero) is 1. The first kappa shape index (κ1) is 63.6. The third-order valence-electron chi connectivity index (χ3n) is 17.8. The molecule has 0 bridgehead atoms. The van der Waals surface area contributed by atoms with E-state index in [1.807, 2.05) is 76.9 Å². The van der Waals surface area contributed by atoms with E-state index in [1.165, 1.54) is 5.06 Å². The van der Waals surface area contributed by atoms with Crippen LogP contribution < -0.4 is 10.6 Å². The summed E-state index contributed by atoms with van der Waals surface area (Å²) in [5, 5.41) is 7.84.